The summed E-state index contributed by atoms with van der Waals surface area (Å²) in [5.41, 5.74) is 3.14. The van der Waals surface area contributed by atoms with E-state index in [-0.39, 0.29) is 35.0 Å². The van der Waals surface area contributed by atoms with Crippen molar-refractivity contribution in [3.63, 3.8) is 0 Å². The summed E-state index contributed by atoms with van der Waals surface area (Å²) in [5.74, 6) is 1.63. The van der Waals surface area contributed by atoms with Crippen LogP contribution in [0.2, 0.25) is 0 Å². The van der Waals surface area contributed by atoms with E-state index in [2.05, 4.69) is 46.2 Å². The highest BCUT2D eigenvalue weighted by atomic mass is 16.5. The number of carbonyl (C=O) groups excluding carboxylic acids is 1. The van der Waals surface area contributed by atoms with Crippen molar-refractivity contribution >= 4 is 16.7 Å². The normalized spacial score (nSPS) is 36.8. The van der Waals surface area contributed by atoms with Crippen LogP contribution >= 0.6 is 0 Å². The molecular formula is C33H34N2O3. The monoisotopic (exact) mass is 506 g/mol. The lowest BCUT2D eigenvalue weighted by molar-refractivity contribution is -0.171. The first kappa shape index (κ1) is 22.0. The average Bonchev–Trinajstić information content (AvgIpc) is 3.63. The van der Waals surface area contributed by atoms with Gasteiger partial charge >= 0.3 is 0 Å². The first-order chi connectivity index (χ1) is 18.6. The second-order valence-corrected chi connectivity index (χ2v) is 12.9. The molecule has 2 saturated carbocycles. The third kappa shape index (κ3) is 2.67. The highest BCUT2D eigenvalue weighted by molar-refractivity contribution is 5.99. The van der Waals surface area contributed by atoms with Crippen molar-refractivity contribution in [2.24, 2.45) is 11.8 Å². The molecule has 1 N–H and O–H groups in total. The molecule has 5 unspecified atom stereocenters. The number of aromatic hydroxyl groups is 1. The molecule has 5 fully saturated rings. The van der Waals surface area contributed by atoms with Gasteiger partial charge in [-0.05, 0) is 97.2 Å². The van der Waals surface area contributed by atoms with E-state index in [0.29, 0.717) is 18.3 Å². The molecule has 4 bridgehead atoms. The number of likely N-dealkylation sites (tertiary alicyclic amines) is 2. The summed E-state index contributed by atoms with van der Waals surface area (Å²) in [5, 5.41) is 12.9. The third-order valence-electron chi connectivity index (χ3n) is 11.3. The van der Waals surface area contributed by atoms with Gasteiger partial charge in [0.1, 0.15) is 5.75 Å². The van der Waals surface area contributed by atoms with Crippen LogP contribution in [-0.2, 0) is 16.6 Å². The summed E-state index contributed by atoms with van der Waals surface area (Å²) in [6.07, 6.45) is 6.86. The molecule has 0 spiro atoms. The Kier molecular flexibility index (Phi) is 4.28. The van der Waals surface area contributed by atoms with Crippen molar-refractivity contribution in [3.05, 3.63) is 77.4 Å². The standard InChI is InChI=1S/C33H34N2O3/c36-25-10-9-23-16-29-33-12-11-27-30(32(33,26(23)17-25)13-14-34(29)18-20-5-6-20)28(38-33)19-35(27)31(37)24-8-7-21-3-1-2-4-22(21)15-24/h1-4,7-10,15,17,20,27-30,36H,5-6,11-14,16,18-19H2/t27?,28-,29?,30?,32?,33?/m1/s1. The number of ether oxygens (including phenoxy) is 1. The molecule has 0 aromatic heterocycles. The van der Waals surface area contributed by atoms with Gasteiger partial charge in [-0.3, -0.25) is 9.69 Å². The Morgan fingerprint density at radius 3 is 2.74 bits per heavy atom. The number of carbonyl (C=O) groups is 1. The van der Waals surface area contributed by atoms with Gasteiger partial charge in [0.05, 0.1) is 11.7 Å². The molecule has 1 amide bonds. The number of phenolic OH excluding ortho intramolecular Hbond substituents is 1. The molecule has 3 aliphatic carbocycles. The van der Waals surface area contributed by atoms with E-state index in [4.69, 9.17) is 4.74 Å². The highest BCUT2D eigenvalue weighted by Crippen LogP contribution is 2.69. The van der Waals surface area contributed by atoms with E-state index < -0.39 is 0 Å². The molecule has 3 saturated heterocycles. The van der Waals surface area contributed by atoms with E-state index in [1.807, 2.05) is 24.3 Å². The zero-order valence-corrected chi connectivity index (χ0v) is 21.7. The number of amides is 1. The molecule has 3 heterocycles. The molecular weight excluding hydrogens is 472 g/mol. The van der Waals surface area contributed by atoms with Crippen molar-refractivity contribution in [3.8, 4) is 5.75 Å². The van der Waals surface area contributed by atoms with Gasteiger partial charge in [-0.15, -0.1) is 0 Å². The fraction of sp³-hybridized carbons (Fsp3) is 0.485. The number of rotatable bonds is 3. The number of hydrogen-bond acceptors (Lipinski definition) is 4. The molecule has 3 aliphatic heterocycles. The van der Waals surface area contributed by atoms with Crippen LogP contribution in [0.4, 0.5) is 0 Å². The third-order valence-corrected chi connectivity index (χ3v) is 11.3. The molecule has 5 heteroatoms. The minimum Gasteiger partial charge on any atom is -0.508 e. The van der Waals surface area contributed by atoms with Crippen LogP contribution in [0.1, 0.15) is 53.6 Å². The SMILES string of the molecule is O=C(c1ccc2ccccc2c1)N1C[C@H]2OC34CCC1C2C31CCN(CC2CC2)C4Cc2ccc(O)cc21. The van der Waals surface area contributed by atoms with Gasteiger partial charge in [0.2, 0.25) is 0 Å². The summed E-state index contributed by atoms with van der Waals surface area (Å²) in [4.78, 5) is 19.0. The minimum atomic E-state index is -0.204. The predicted octanol–water partition coefficient (Wildman–Crippen LogP) is 4.90. The van der Waals surface area contributed by atoms with Gasteiger partial charge in [0.15, 0.2) is 0 Å². The molecule has 3 aromatic rings. The Morgan fingerprint density at radius 1 is 1.00 bits per heavy atom. The molecule has 3 aromatic carbocycles. The summed E-state index contributed by atoms with van der Waals surface area (Å²) in [6.45, 7) is 2.97. The fourth-order valence-corrected chi connectivity index (χ4v) is 9.74. The zero-order valence-electron chi connectivity index (χ0n) is 21.7. The molecule has 6 atom stereocenters. The maximum absolute atomic E-state index is 14.0. The van der Waals surface area contributed by atoms with Gasteiger partial charge < -0.3 is 14.7 Å². The molecule has 0 radical (unpaired) electrons. The van der Waals surface area contributed by atoms with Crippen LogP contribution in [0.25, 0.3) is 10.8 Å². The van der Waals surface area contributed by atoms with Crippen LogP contribution in [-0.4, -0.2) is 64.2 Å². The lowest BCUT2D eigenvalue weighted by Crippen LogP contribution is -2.74. The molecule has 5 nitrogen and oxygen atoms in total. The topological polar surface area (TPSA) is 53.0 Å². The smallest absolute Gasteiger partial charge is 0.254 e. The maximum atomic E-state index is 14.0. The van der Waals surface area contributed by atoms with Gasteiger partial charge in [0.25, 0.3) is 5.91 Å². The van der Waals surface area contributed by atoms with Gasteiger partial charge in [-0.25, -0.2) is 0 Å². The molecule has 38 heavy (non-hydrogen) atoms. The number of piperidine rings is 1. The summed E-state index contributed by atoms with van der Waals surface area (Å²) < 4.78 is 7.32. The number of phenols is 1. The van der Waals surface area contributed by atoms with E-state index in [0.717, 1.165) is 54.5 Å². The second-order valence-electron chi connectivity index (χ2n) is 12.9. The van der Waals surface area contributed by atoms with Crippen molar-refractivity contribution in [2.75, 3.05) is 19.6 Å². The van der Waals surface area contributed by atoms with E-state index in [1.54, 1.807) is 0 Å². The van der Waals surface area contributed by atoms with Crippen molar-refractivity contribution in [1.29, 1.82) is 0 Å². The number of nitrogens with zero attached hydrogens (tertiary/aromatic N) is 2. The lowest BCUT2D eigenvalue weighted by Gasteiger charge is -2.64. The molecule has 6 aliphatic rings. The van der Waals surface area contributed by atoms with Crippen LogP contribution in [0.5, 0.6) is 5.75 Å². The second kappa shape index (κ2) is 7.40. The summed E-state index contributed by atoms with van der Waals surface area (Å²) in [6, 6.07) is 21.0. The van der Waals surface area contributed by atoms with E-state index >= 15 is 0 Å². The Morgan fingerprint density at radius 2 is 1.87 bits per heavy atom. The van der Waals surface area contributed by atoms with Crippen molar-refractivity contribution < 1.29 is 14.6 Å². The first-order valence-electron chi connectivity index (χ1n) is 14.6. The van der Waals surface area contributed by atoms with Crippen LogP contribution in [0.15, 0.2) is 60.7 Å². The maximum Gasteiger partial charge on any atom is 0.254 e. The van der Waals surface area contributed by atoms with Gasteiger partial charge in [0, 0.05) is 42.1 Å². The van der Waals surface area contributed by atoms with Crippen LogP contribution < -0.4 is 0 Å². The number of benzene rings is 3. The summed E-state index contributed by atoms with van der Waals surface area (Å²) in [7, 11) is 0. The van der Waals surface area contributed by atoms with Crippen LogP contribution in [0, 0.1) is 11.8 Å². The van der Waals surface area contributed by atoms with Crippen LogP contribution in [0.3, 0.4) is 0 Å². The quantitative estimate of drug-likeness (QED) is 0.549. The summed E-state index contributed by atoms with van der Waals surface area (Å²) >= 11 is 0. The van der Waals surface area contributed by atoms with E-state index in [1.165, 1.54) is 30.5 Å². The average molecular weight is 507 g/mol. The van der Waals surface area contributed by atoms with Gasteiger partial charge in [-0.1, -0.05) is 36.4 Å². The lowest BCUT2D eigenvalue weighted by atomic mass is 9.46. The zero-order chi connectivity index (χ0) is 25.2. The highest BCUT2D eigenvalue weighted by Gasteiger charge is 2.78. The van der Waals surface area contributed by atoms with Crippen molar-refractivity contribution in [2.45, 2.75) is 67.7 Å². The molecule has 194 valence electrons. The predicted molar refractivity (Wildman–Crippen MR) is 145 cm³/mol. The number of fused-ring (bicyclic) bond motifs is 2. The number of hydrogen-bond donors (Lipinski definition) is 1. The fourth-order valence-electron chi connectivity index (χ4n) is 9.74. The van der Waals surface area contributed by atoms with E-state index in [9.17, 15) is 9.90 Å². The minimum absolute atomic E-state index is 0.0589. The molecule has 9 rings (SSSR count). The Labute approximate surface area is 223 Å². The van der Waals surface area contributed by atoms with Crippen molar-refractivity contribution in [1.82, 2.24) is 9.80 Å². The first-order valence-corrected chi connectivity index (χ1v) is 14.6. The van der Waals surface area contributed by atoms with Gasteiger partial charge in [-0.2, -0.15) is 0 Å². The largest absolute Gasteiger partial charge is 0.508 e. The Balaban J connectivity index is 1.14. The Hall–Kier alpha value is -2.89. The Bertz CT molecular complexity index is 1500.